The molecule has 6 heteroatoms. The fourth-order valence-electron chi connectivity index (χ4n) is 1.45. The third kappa shape index (κ3) is 2.78. The highest BCUT2D eigenvalue weighted by atomic mass is 35.5. The highest BCUT2D eigenvalue weighted by Crippen LogP contribution is 2.32. The molecule has 96 valence electrons. The normalized spacial score (nSPS) is 10.1. The number of halogens is 2. The summed E-state index contributed by atoms with van der Waals surface area (Å²) in [7, 11) is 0. The number of nitrogens with zero attached hydrogens (tertiary/aromatic N) is 3. The van der Waals surface area contributed by atoms with Gasteiger partial charge in [-0.15, -0.1) is 5.10 Å². The Morgan fingerprint density at radius 3 is 2.63 bits per heavy atom. The van der Waals surface area contributed by atoms with Gasteiger partial charge in [0.15, 0.2) is 0 Å². The summed E-state index contributed by atoms with van der Waals surface area (Å²) in [6.45, 7) is 3.56. The van der Waals surface area contributed by atoms with E-state index in [9.17, 15) is 0 Å². The van der Waals surface area contributed by atoms with Gasteiger partial charge in [0.25, 0.3) is 5.88 Å². The SMILES string of the molecule is Cc1nnc(Oc2cc(Cl)ccc2Cl)c(C#N)c1C. The number of hydrogen-bond acceptors (Lipinski definition) is 4. The van der Waals surface area contributed by atoms with Crippen LogP contribution in [0, 0.1) is 25.2 Å². The van der Waals surface area contributed by atoms with Gasteiger partial charge >= 0.3 is 0 Å². The van der Waals surface area contributed by atoms with Crippen LogP contribution < -0.4 is 4.74 Å². The predicted octanol–water partition coefficient (Wildman–Crippen LogP) is 4.06. The molecule has 0 N–H and O–H groups in total. The van der Waals surface area contributed by atoms with Crippen molar-refractivity contribution in [3.63, 3.8) is 0 Å². The van der Waals surface area contributed by atoms with Crippen molar-refractivity contribution in [3.8, 4) is 17.7 Å². The van der Waals surface area contributed by atoms with Gasteiger partial charge in [0, 0.05) is 11.1 Å². The Morgan fingerprint density at radius 2 is 1.95 bits per heavy atom. The molecule has 0 aliphatic heterocycles. The molecule has 0 atom stereocenters. The van der Waals surface area contributed by atoms with E-state index in [4.69, 9.17) is 33.2 Å². The van der Waals surface area contributed by atoms with E-state index in [1.807, 2.05) is 0 Å². The maximum atomic E-state index is 9.17. The summed E-state index contributed by atoms with van der Waals surface area (Å²) < 4.78 is 5.54. The Balaban J connectivity index is 2.47. The summed E-state index contributed by atoms with van der Waals surface area (Å²) in [6.07, 6.45) is 0. The topological polar surface area (TPSA) is 58.8 Å². The van der Waals surface area contributed by atoms with E-state index in [0.29, 0.717) is 27.1 Å². The lowest BCUT2D eigenvalue weighted by Gasteiger charge is -2.09. The first-order chi connectivity index (χ1) is 9.02. The molecule has 0 fully saturated rings. The van der Waals surface area contributed by atoms with E-state index in [-0.39, 0.29) is 5.88 Å². The number of ether oxygens (including phenoxy) is 1. The average Bonchev–Trinajstić information content (AvgIpc) is 2.38. The second-order valence-corrected chi connectivity index (χ2v) is 4.72. The zero-order valence-electron chi connectivity index (χ0n) is 10.2. The standard InChI is InChI=1S/C13H9Cl2N3O/c1-7-8(2)17-18-13(10(7)6-16)19-12-5-9(14)3-4-11(12)15/h3-5H,1-2H3. The molecule has 0 spiro atoms. The van der Waals surface area contributed by atoms with Gasteiger partial charge in [-0.25, -0.2) is 0 Å². The smallest absolute Gasteiger partial charge is 0.257 e. The number of aryl methyl sites for hydroxylation is 1. The van der Waals surface area contributed by atoms with Gasteiger partial charge in [0.1, 0.15) is 17.4 Å². The van der Waals surface area contributed by atoms with E-state index in [1.54, 1.807) is 32.0 Å². The van der Waals surface area contributed by atoms with Crippen molar-refractivity contribution < 1.29 is 4.74 Å². The highest BCUT2D eigenvalue weighted by molar-refractivity contribution is 6.34. The summed E-state index contributed by atoms with van der Waals surface area (Å²) in [5.41, 5.74) is 1.75. The van der Waals surface area contributed by atoms with E-state index in [1.165, 1.54) is 0 Å². The van der Waals surface area contributed by atoms with Gasteiger partial charge in [-0.3, -0.25) is 0 Å². The lowest BCUT2D eigenvalue weighted by molar-refractivity contribution is 0.452. The Kier molecular flexibility index (Phi) is 3.89. The van der Waals surface area contributed by atoms with E-state index in [2.05, 4.69) is 16.3 Å². The largest absolute Gasteiger partial charge is 0.435 e. The summed E-state index contributed by atoms with van der Waals surface area (Å²) in [5, 5.41) is 17.8. The minimum absolute atomic E-state index is 0.120. The van der Waals surface area contributed by atoms with Crippen LogP contribution in [0.2, 0.25) is 10.0 Å². The lowest BCUT2D eigenvalue weighted by Crippen LogP contribution is -2.00. The molecular formula is C13H9Cl2N3O. The summed E-state index contributed by atoms with van der Waals surface area (Å²) in [4.78, 5) is 0. The second kappa shape index (κ2) is 5.43. The minimum Gasteiger partial charge on any atom is -0.435 e. The van der Waals surface area contributed by atoms with Crippen LogP contribution in [0.4, 0.5) is 0 Å². The van der Waals surface area contributed by atoms with Crippen LogP contribution in [-0.2, 0) is 0 Å². The van der Waals surface area contributed by atoms with Gasteiger partial charge in [0.2, 0.25) is 0 Å². The number of aromatic nitrogens is 2. The van der Waals surface area contributed by atoms with Crippen LogP contribution in [0.1, 0.15) is 16.8 Å². The molecule has 1 aromatic carbocycles. The third-order valence-corrected chi connectivity index (χ3v) is 3.18. The molecule has 2 rings (SSSR count). The molecule has 0 saturated heterocycles. The number of nitriles is 1. The van der Waals surface area contributed by atoms with Crippen LogP contribution >= 0.6 is 23.2 Å². The maximum Gasteiger partial charge on any atom is 0.257 e. The first-order valence-corrected chi connectivity index (χ1v) is 6.15. The monoisotopic (exact) mass is 293 g/mol. The zero-order valence-corrected chi connectivity index (χ0v) is 11.7. The van der Waals surface area contributed by atoms with Gasteiger partial charge in [-0.2, -0.15) is 10.4 Å². The van der Waals surface area contributed by atoms with Crippen LogP contribution in [0.3, 0.4) is 0 Å². The molecule has 19 heavy (non-hydrogen) atoms. The van der Waals surface area contributed by atoms with Gasteiger partial charge in [-0.05, 0) is 31.5 Å². The molecule has 0 radical (unpaired) electrons. The molecule has 1 aromatic heterocycles. The molecular weight excluding hydrogens is 285 g/mol. The first-order valence-electron chi connectivity index (χ1n) is 5.40. The lowest BCUT2D eigenvalue weighted by atomic mass is 10.1. The van der Waals surface area contributed by atoms with Crippen LogP contribution in [0.15, 0.2) is 18.2 Å². The van der Waals surface area contributed by atoms with Crippen molar-refractivity contribution in [2.24, 2.45) is 0 Å². The van der Waals surface area contributed by atoms with Crippen molar-refractivity contribution in [1.82, 2.24) is 10.2 Å². The van der Waals surface area contributed by atoms with Crippen molar-refractivity contribution in [1.29, 1.82) is 5.26 Å². The number of hydrogen-bond donors (Lipinski definition) is 0. The maximum absolute atomic E-state index is 9.17. The molecule has 0 unspecified atom stereocenters. The highest BCUT2D eigenvalue weighted by Gasteiger charge is 2.14. The number of rotatable bonds is 2. The summed E-state index contributed by atoms with van der Waals surface area (Å²) in [6, 6.07) is 6.87. The molecule has 0 aliphatic carbocycles. The first kappa shape index (κ1) is 13.6. The van der Waals surface area contributed by atoms with Crippen LogP contribution in [-0.4, -0.2) is 10.2 Å². The summed E-state index contributed by atoms with van der Waals surface area (Å²) >= 11 is 11.9. The summed E-state index contributed by atoms with van der Waals surface area (Å²) in [5.74, 6) is 0.456. The predicted molar refractivity (Wildman–Crippen MR) is 72.8 cm³/mol. The Bertz CT molecular complexity index is 680. The van der Waals surface area contributed by atoms with Crippen LogP contribution in [0.25, 0.3) is 0 Å². The van der Waals surface area contributed by atoms with Gasteiger partial charge in [-0.1, -0.05) is 23.2 Å². The van der Waals surface area contributed by atoms with Crippen molar-refractivity contribution in [2.75, 3.05) is 0 Å². The minimum atomic E-state index is 0.120. The van der Waals surface area contributed by atoms with E-state index in [0.717, 1.165) is 5.56 Å². The second-order valence-electron chi connectivity index (χ2n) is 3.88. The molecule has 4 nitrogen and oxygen atoms in total. The number of benzene rings is 1. The Labute approximate surface area is 120 Å². The molecule has 0 bridgehead atoms. The van der Waals surface area contributed by atoms with Gasteiger partial charge in [0.05, 0.1) is 10.7 Å². The van der Waals surface area contributed by atoms with Crippen molar-refractivity contribution >= 4 is 23.2 Å². The molecule has 1 heterocycles. The molecule has 0 amide bonds. The molecule has 2 aromatic rings. The Hall–Kier alpha value is -1.83. The van der Waals surface area contributed by atoms with Crippen molar-refractivity contribution in [2.45, 2.75) is 13.8 Å². The van der Waals surface area contributed by atoms with Crippen molar-refractivity contribution in [3.05, 3.63) is 45.1 Å². The van der Waals surface area contributed by atoms with Crippen LogP contribution in [0.5, 0.6) is 11.6 Å². The van der Waals surface area contributed by atoms with E-state index >= 15 is 0 Å². The zero-order chi connectivity index (χ0) is 14.0. The average molecular weight is 294 g/mol. The quantitative estimate of drug-likeness (QED) is 0.837. The van der Waals surface area contributed by atoms with Gasteiger partial charge < -0.3 is 4.74 Å². The fraction of sp³-hybridized carbons (Fsp3) is 0.154. The van der Waals surface area contributed by atoms with E-state index < -0.39 is 0 Å². The Morgan fingerprint density at radius 1 is 1.21 bits per heavy atom. The molecule has 0 aliphatic rings. The third-order valence-electron chi connectivity index (χ3n) is 2.63. The fourth-order valence-corrected chi connectivity index (χ4v) is 1.77. The molecule has 0 saturated carbocycles.